The largest absolute Gasteiger partial charge is 0.382 e. The van der Waals surface area contributed by atoms with E-state index in [0.29, 0.717) is 12.1 Å². The summed E-state index contributed by atoms with van der Waals surface area (Å²) in [5, 5.41) is 14.1. The topological polar surface area (TPSA) is 64.4 Å². The second-order valence-electron chi connectivity index (χ2n) is 4.67. The summed E-state index contributed by atoms with van der Waals surface area (Å²) >= 11 is 0. The van der Waals surface area contributed by atoms with Crippen molar-refractivity contribution in [3.63, 3.8) is 0 Å². The van der Waals surface area contributed by atoms with Gasteiger partial charge in [-0.05, 0) is 31.7 Å². The van der Waals surface area contributed by atoms with E-state index in [1.54, 1.807) is 19.2 Å². The standard InChI is InChI=1S/C13H18N2O3/c1-18-13-7-3-5-11(9-13)14-10-4-2-6-12(8-10)15(16)17/h2,4,6,8,11,13-14H,3,5,7,9H2,1H3. The molecular weight excluding hydrogens is 232 g/mol. The molecule has 1 N–H and O–H groups in total. The number of nitrogens with one attached hydrogen (secondary N) is 1. The number of non-ortho nitro benzene ring substituents is 1. The first kappa shape index (κ1) is 12.8. The summed E-state index contributed by atoms with van der Waals surface area (Å²) < 4.78 is 5.37. The lowest BCUT2D eigenvalue weighted by atomic mass is 9.92. The second kappa shape index (κ2) is 5.82. The van der Waals surface area contributed by atoms with Crippen LogP contribution in [-0.4, -0.2) is 24.2 Å². The molecule has 0 saturated heterocycles. The van der Waals surface area contributed by atoms with E-state index in [0.717, 1.165) is 31.4 Å². The fourth-order valence-electron chi connectivity index (χ4n) is 2.44. The average Bonchev–Trinajstić information content (AvgIpc) is 2.39. The Kier molecular flexibility index (Phi) is 4.15. The lowest BCUT2D eigenvalue weighted by Crippen LogP contribution is -2.30. The Hall–Kier alpha value is -1.62. The zero-order valence-electron chi connectivity index (χ0n) is 10.5. The first-order chi connectivity index (χ1) is 8.69. The molecule has 2 atom stereocenters. The Bertz CT molecular complexity index is 422. The zero-order chi connectivity index (χ0) is 13.0. The third kappa shape index (κ3) is 3.20. The molecule has 0 spiro atoms. The van der Waals surface area contributed by atoms with Crippen molar-refractivity contribution in [3.05, 3.63) is 34.4 Å². The first-order valence-electron chi connectivity index (χ1n) is 6.23. The van der Waals surface area contributed by atoms with Crippen molar-refractivity contribution in [2.75, 3.05) is 12.4 Å². The van der Waals surface area contributed by atoms with Gasteiger partial charge in [0.25, 0.3) is 5.69 Å². The van der Waals surface area contributed by atoms with Crippen LogP contribution in [-0.2, 0) is 4.74 Å². The van der Waals surface area contributed by atoms with E-state index in [1.165, 1.54) is 6.07 Å². The van der Waals surface area contributed by atoms with Gasteiger partial charge in [-0.1, -0.05) is 6.07 Å². The van der Waals surface area contributed by atoms with Crippen LogP contribution >= 0.6 is 0 Å². The van der Waals surface area contributed by atoms with Crippen LogP contribution in [0.2, 0.25) is 0 Å². The average molecular weight is 250 g/mol. The molecule has 0 aromatic heterocycles. The number of nitro groups is 1. The summed E-state index contributed by atoms with van der Waals surface area (Å²) in [6.45, 7) is 0. The van der Waals surface area contributed by atoms with Crippen LogP contribution in [0.5, 0.6) is 0 Å². The lowest BCUT2D eigenvalue weighted by Gasteiger charge is -2.29. The molecule has 1 aromatic rings. The zero-order valence-corrected chi connectivity index (χ0v) is 10.5. The van der Waals surface area contributed by atoms with Crippen LogP contribution in [0.15, 0.2) is 24.3 Å². The maximum Gasteiger partial charge on any atom is 0.271 e. The van der Waals surface area contributed by atoms with Crippen molar-refractivity contribution in [1.29, 1.82) is 0 Å². The van der Waals surface area contributed by atoms with E-state index >= 15 is 0 Å². The Morgan fingerprint density at radius 3 is 3.00 bits per heavy atom. The molecule has 5 heteroatoms. The fraction of sp³-hybridized carbons (Fsp3) is 0.538. The molecule has 0 bridgehead atoms. The molecule has 1 aliphatic rings. The molecular formula is C13H18N2O3. The van der Waals surface area contributed by atoms with Gasteiger partial charge in [-0.3, -0.25) is 10.1 Å². The Balaban J connectivity index is 2.00. The van der Waals surface area contributed by atoms with Crippen molar-refractivity contribution in [3.8, 4) is 0 Å². The van der Waals surface area contributed by atoms with Gasteiger partial charge >= 0.3 is 0 Å². The summed E-state index contributed by atoms with van der Waals surface area (Å²) in [5.74, 6) is 0. The minimum atomic E-state index is -0.371. The highest BCUT2D eigenvalue weighted by molar-refractivity contribution is 5.51. The van der Waals surface area contributed by atoms with Gasteiger partial charge in [0.15, 0.2) is 0 Å². The van der Waals surface area contributed by atoms with Gasteiger partial charge in [0.05, 0.1) is 11.0 Å². The minimum Gasteiger partial charge on any atom is -0.382 e. The number of ether oxygens (including phenoxy) is 1. The lowest BCUT2D eigenvalue weighted by molar-refractivity contribution is -0.384. The van der Waals surface area contributed by atoms with Crippen molar-refractivity contribution in [2.24, 2.45) is 0 Å². The number of nitro benzene ring substituents is 1. The molecule has 0 amide bonds. The summed E-state index contributed by atoms with van der Waals surface area (Å²) in [6.07, 6.45) is 4.58. The van der Waals surface area contributed by atoms with Gasteiger partial charge in [-0.25, -0.2) is 0 Å². The first-order valence-corrected chi connectivity index (χ1v) is 6.23. The quantitative estimate of drug-likeness (QED) is 0.659. The van der Waals surface area contributed by atoms with Crippen molar-refractivity contribution >= 4 is 11.4 Å². The van der Waals surface area contributed by atoms with Crippen LogP contribution in [0.1, 0.15) is 25.7 Å². The Labute approximate surface area is 106 Å². The predicted octanol–water partition coefficient (Wildman–Crippen LogP) is 2.96. The molecule has 5 nitrogen and oxygen atoms in total. The number of nitrogens with zero attached hydrogens (tertiary/aromatic N) is 1. The highest BCUT2D eigenvalue weighted by Crippen LogP contribution is 2.25. The van der Waals surface area contributed by atoms with E-state index in [-0.39, 0.29) is 10.6 Å². The third-order valence-corrected chi connectivity index (χ3v) is 3.39. The summed E-state index contributed by atoms with van der Waals surface area (Å²) in [4.78, 5) is 10.3. The molecule has 2 unspecified atom stereocenters. The molecule has 0 radical (unpaired) electrons. The number of hydrogen-bond acceptors (Lipinski definition) is 4. The molecule has 0 heterocycles. The summed E-state index contributed by atoms with van der Waals surface area (Å²) in [6, 6.07) is 6.99. The maximum absolute atomic E-state index is 10.7. The van der Waals surface area contributed by atoms with Crippen LogP contribution < -0.4 is 5.32 Å². The molecule has 2 rings (SSSR count). The highest BCUT2D eigenvalue weighted by Gasteiger charge is 2.21. The number of hydrogen-bond donors (Lipinski definition) is 1. The fourth-order valence-corrected chi connectivity index (χ4v) is 2.44. The number of benzene rings is 1. The van der Waals surface area contributed by atoms with Gasteiger partial charge in [0.2, 0.25) is 0 Å². The number of rotatable bonds is 4. The normalized spacial score (nSPS) is 23.6. The third-order valence-electron chi connectivity index (χ3n) is 3.39. The van der Waals surface area contributed by atoms with Crippen LogP contribution in [0.25, 0.3) is 0 Å². The summed E-state index contributed by atoms with van der Waals surface area (Å²) in [5.41, 5.74) is 0.935. The van der Waals surface area contributed by atoms with Crippen LogP contribution in [0.3, 0.4) is 0 Å². The highest BCUT2D eigenvalue weighted by atomic mass is 16.6. The van der Waals surface area contributed by atoms with Gasteiger partial charge < -0.3 is 10.1 Å². The molecule has 18 heavy (non-hydrogen) atoms. The molecule has 1 saturated carbocycles. The number of methoxy groups -OCH3 is 1. The van der Waals surface area contributed by atoms with Gasteiger partial charge in [0, 0.05) is 31.0 Å². The Morgan fingerprint density at radius 2 is 2.28 bits per heavy atom. The van der Waals surface area contributed by atoms with E-state index in [4.69, 9.17) is 4.74 Å². The van der Waals surface area contributed by atoms with Crippen molar-refractivity contribution < 1.29 is 9.66 Å². The second-order valence-corrected chi connectivity index (χ2v) is 4.67. The van der Waals surface area contributed by atoms with Gasteiger partial charge in [0.1, 0.15) is 0 Å². The molecule has 1 aliphatic carbocycles. The maximum atomic E-state index is 10.7. The predicted molar refractivity (Wildman–Crippen MR) is 69.8 cm³/mol. The van der Waals surface area contributed by atoms with Gasteiger partial charge in [-0.15, -0.1) is 0 Å². The van der Waals surface area contributed by atoms with Crippen molar-refractivity contribution in [2.45, 2.75) is 37.8 Å². The van der Waals surface area contributed by atoms with E-state index in [2.05, 4.69) is 5.32 Å². The smallest absolute Gasteiger partial charge is 0.271 e. The molecule has 98 valence electrons. The van der Waals surface area contributed by atoms with Crippen molar-refractivity contribution in [1.82, 2.24) is 0 Å². The van der Waals surface area contributed by atoms with E-state index < -0.39 is 0 Å². The minimum absolute atomic E-state index is 0.124. The van der Waals surface area contributed by atoms with E-state index in [1.807, 2.05) is 6.07 Å². The molecule has 1 fully saturated rings. The van der Waals surface area contributed by atoms with Crippen LogP contribution in [0.4, 0.5) is 11.4 Å². The molecule has 0 aliphatic heterocycles. The number of anilines is 1. The molecule has 1 aromatic carbocycles. The Morgan fingerprint density at radius 1 is 1.44 bits per heavy atom. The summed E-state index contributed by atoms with van der Waals surface area (Å²) in [7, 11) is 1.74. The SMILES string of the molecule is COC1CCCC(Nc2cccc([N+](=O)[O-])c2)C1. The monoisotopic (exact) mass is 250 g/mol. The van der Waals surface area contributed by atoms with E-state index in [9.17, 15) is 10.1 Å². The van der Waals surface area contributed by atoms with Gasteiger partial charge in [-0.2, -0.15) is 0 Å². The van der Waals surface area contributed by atoms with Crippen LogP contribution in [0, 0.1) is 10.1 Å².